The Hall–Kier alpha value is -1.37. The Bertz CT molecular complexity index is 879. The van der Waals surface area contributed by atoms with Crippen LogP contribution in [0.25, 0.3) is 0 Å². The molecule has 0 saturated carbocycles. The third-order valence-corrected chi connectivity index (χ3v) is 8.56. The number of aliphatic hydroxyl groups is 3. The predicted molar refractivity (Wildman–Crippen MR) is 152 cm³/mol. The molecule has 41 heavy (non-hydrogen) atoms. The summed E-state index contributed by atoms with van der Waals surface area (Å²) in [4.78, 5) is 13.2. The van der Waals surface area contributed by atoms with Gasteiger partial charge in [0.2, 0.25) is 0 Å². The van der Waals surface area contributed by atoms with Crippen molar-refractivity contribution in [1.29, 1.82) is 0 Å². The zero-order chi connectivity index (χ0) is 30.2. The fourth-order valence-corrected chi connectivity index (χ4v) is 6.20. The molecule has 0 aliphatic carbocycles. The van der Waals surface area contributed by atoms with Crippen molar-refractivity contribution in [3.63, 3.8) is 0 Å². The van der Waals surface area contributed by atoms with Crippen LogP contribution in [0.2, 0.25) is 0 Å². The maximum absolute atomic E-state index is 13.2. The van der Waals surface area contributed by atoms with Gasteiger partial charge in [0.15, 0.2) is 12.1 Å². The topological polar surface area (TPSA) is 133 Å². The molecule has 0 aromatic rings. The molecule has 11 atom stereocenters. The molecule has 3 rings (SSSR count). The van der Waals surface area contributed by atoms with Crippen LogP contribution in [0.3, 0.4) is 0 Å². The van der Waals surface area contributed by atoms with Crippen molar-refractivity contribution >= 4 is 5.97 Å². The van der Waals surface area contributed by atoms with Crippen LogP contribution in [0.5, 0.6) is 0 Å². The SMILES string of the molecule is CC/C=C/C=C/CC[C@]1(C)C[C@H](O)[C@H](C)CC[C@@H]2C[C@@H](O[C@@H]3O[C@@H](C)[C@H](OC)[C@@H](O)[C@H]3OC)C[C@@](O)(CC(=O)O1)O2. The third kappa shape index (κ3) is 9.56. The van der Waals surface area contributed by atoms with E-state index < -0.39 is 66.4 Å². The van der Waals surface area contributed by atoms with Gasteiger partial charge in [-0.3, -0.25) is 4.79 Å². The molecule has 0 spiro atoms. The van der Waals surface area contributed by atoms with Gasteiger partial charge in [-0.05, 0) is 51.9 Å². The number of hydrogen-bond donors (Lipinski definition) is 3. The summed E-state index contributed by atoms with van der Waals surface area (Å²) in [6.07, 6.45) is 6.53. The van der Waals surface area contributed by atoms with E-state index in [1.807, 2.05) is 32.1 Å². The van der Waals surface area contributed by atoms with E-state index in [0.29, 0.717) is 38.5 Å². The molecule has 10 nitrogen and oxygen atoms in total. The molecule has 0 amide bonds. The number of carbonyl (C=O) groups excluding carboxylic acids is 1. The summed E-state index contributed by atoms with van der Waals surface area (Å²) in [6, 6.07) is 0. The summed E-state index contributed by atoms with van der Waals surface area (Å²) in [5.74, 6) is -2.47. The van der Waals surface area contributed by atoms with Crippen molar-refractivity contribution in [1.82, 2.24) is 0 Å². The third-order valence-electron chi connectivity index (χ3n) is 8.56. The Morgan fingerprint density at radius 3 is 2.44 bits per heavy atom. The van der Waals surface area contributed by atoms with Gasteiger partial charge < -0.3 is 43.7 Å². The van der Waals surface area contributed by atoms with Crippen LogP contribution < -0.4 is 0 Å². The molecule has 0 radical (unpaired) electrons. The molecule has 3 saturated heterocycles. The van der Waals surface area contributed by atoms with Crippen molar-refractivity contribution in [2.45, 2.75) is 146 Å². The average molecular weight is 585 g/mol. The molecule has 2 bridgehead atoms. The maximum Gasteiger partial charge on any atom is 0.311 e. The lowest BCUT2D eigenvalue weighted by Crippen LogP contribution is -2.60. The Labute approximate surface area is 245 Å². The first kappa shape index (κ1) is 34.1. The molecular formula is C31H52O10. The largest absolute Gasteiger partial charge is 0.459 e. The van der Waals surface area contributed by atoms with Crippen LogP contribution in [0.15, 0.2) is 24.3 Å². The summed E-state index contributed by atoms with van der Waals surface area (Å²) in [5.41, 5.74) is -0.908. The van der Waals surface area contributed by atoms with Crippen LogP contribution in [-0.4, -0.2) is 95.9 Å². The zero-order valence-electron chi connectivity index (χ0n) is 25.6. The fourth-order valence-electron chi connectivity index (χ4n) is 6.20. The first-order chi connectivity index (χ1) is 19.4. The van der Waals surface area contributed by atoms with E-state index in [1.54, 1.807) is 6.92 Å². The minimum Gasteiger partial charge on any atom is -0.459 e. The van der Waals surface area contributed by atoms with Gasteiger partial charge in [0.25, 0.3) is 0 Å². The second-order valence-corrected chi connectivity index (χ2v) is 12.2. The fraction of sp³-hybridized carbons (Fsp3) is 0.839. The minimum absolute atomic E-state index is 0.0223. The highest BCUT2D eigenvalue weighted by atomic mass is 16.7. The number of rotatable bonds is 9. The van der Waals surface area contributed by atoms with Crippen LogP contribution in [0.1, 0.15) is 85.5 Å². The van der Waals surface area contributed by atoms with Crippen LogP contribution in [0.4, 0.5) is 0 Å². The summed E-state index contributed by atoms with van der Waals surface area (Å²) in [5, 5.41) is 33.4. The van der Waals surface area contributed by atoms with Crippen molar-refractivity contribution in [2.75, 3.05) is 14.2 Å². The molecule has 3 N–H and O–H groups in total. The van der Waals surface area contributed by atoms with E-state index in [9.17, 15) is 20.1 Å². The van der Waals surface area contributed by atoms with Crippen molar-refractivity contribution in [3.8, 4) is 0 Å². The number of methoxy groups -OCH3 is 2. The number of aliphatic hydroxyl groups excluding tert-OH is 2. The highest BCUT2D eigenvalue weighted by Gasteiger charge is 2.49. The Balaban J connectivity index is 1.75. The molecule has 3 fully saturated rings. The monoisotopic (exact) mass is 584 g/mol. The van der Waals surface area contributed by atoms with Gasteiger partial charge in [-0.25, -0.2) is 0 Å². The van der Waals surface area contributed by atoms with E-state index >= 15 is 0 Å². The molecular weight excluding hydrogens is 532 g/mol. The number of allylic oxidation sites excluding steroid dienone is 4. The molecule has 10 heteroatoms. The first-order valence-electron chi connectivity index (χ1n) is 15.1. The van der Waals surface area contributed by atoms with E-state index in [2.05, 4.69) is 13.0 Å². The normalized spacial score (nSPS) is 43.0. The summed E-state index contributed by atoms with van der Waals surface area (Å²) < 4.78 is 35.3. The van der Waals surface area contributed by atoms with Crippen molar-refractivity contribution in [2.24, 2.45) is 5.92 Å². The minimum atomic E-state index is -1.80. The van der Waals surface area contributed by atoms with Gasteiger partial charge in [-0.2, -0.15) is 0 Å². The van der Waals surface area contributed by atoms with Gasteiger partial charge in [0.1, 0.15) is 23.9 Å². The van der Waals surface area contributed by atoms with Crippen molar-refractivity contribution in [3.05, 3.63) is 24.3 Å². The summed E-state index contributed by atoms with van der Waals surface area (Å²) in [7, 11) is 2.97. The lowest BCUT2D eigenvalue weighted by molar-refractivity contribution is -0.337. The summed E-state index contributed by atoms with van der Waals surface area (Å²) in [6.45, 7) is 7.68. The smallest absolute Gasteiger partial charge is 0.311 e. The quantitative estimate of drug-likeness (QED) is 0.273. The van der Waals surface area contributed by atoms with E-state index in [0.717, 1.165) is 6.42 Å². The van der Waals surface area contributed by atoms with E-state index in [1.165, 1.54) is 14.2 Å². The van der Waals surface area contributed by atoms with Gasteiger partial charge >= 0.3 is 5.97 Å². The van der Waals surface area contributed by atoms with Crippen LogP contribution >= 0.6 is 0 Å². The molecule has 3 aliphatic heterocycles. The number of hydrogen-bond acceptors (Lipinski definition) is 10. The standard InChI is InChI=1S/C31H52O10/c1-7-8-9-10-11-12-15-30(4)18-24(32)20(2)13-14-22-16-23(17-31(35,40-22)19-25(33)41-30)39-29-28(37-6)26(34)27(36-5)21(3)38-29/h8-11,20-24,26-29,32,34-35H,7,12-19H2,1-6H3/b9-8+,11-10+/t20-,21+,22-,23-,24+,26-,27+,28-,29+,30-,31+/m1/s1. The lowest BCUT2D eigenvalue weighted by atomic mass is 9.84. The Morgan fingerprint density at radius 1 is 1.05 bits per heavy atom. The molecule has 0 unspecified atom stereocenters. The molecule has 0 aromatic carbocycles. The highest BCUT2D eigenvalue weighted by molar-refractivity contribution is 5.71. The van der Waals surface area contributed by atoms with E-state index in [4.69, 9.17) is 28.4 Å². The second-order valence-electron chi connectivity index (χ2n) is 12.2. The van der Waals surface area contributed by atoms with Crippen molar-refractivity contribution < 1.29 is 48.5 Å². The number of ether oxygens (including phenoxy) is 6. The number of fused-ring (bicyclic) bond motifs is 2. The number of esters is 1. The van der Waals surface area contributed by atoms with Gasteiger partial charge in [-0.15, -0.1) is 0 Å². The molecule has 3 aliphatic rings. The van der Waals surface area contributed by atoms with Crippen LogP contribution in [-0.2, 0) is 33.2 Å². The summed E-state index contributed by atoms with van der Waals surface area (Å²) >= 11 is 0. The van der Waals surface area contributed by atoms with Gasteiger partial charge in [0, 0.05) is 33.5 Å². The van der Waals surface area contributed by atoms with Crippen LogP contribution in [0, 0.1) is 5.92 Å². The van der Waals surface area contributed by atoms with Gasteiger partial charge in [0.05, 0.1) is 30.8 Å². The molecule has 236 valence electrons. The highest BCUT2D eigenvalue weighted by Crippen LogP contribution is 2.38. The first-order valence-corrected chi connectivity index (χ1v) is 15.1. The zero-order valence-corrected chi connectivity index (χ0v) is 25.6. The predicted octanol–water partition coefficient (Wildman–Crippen LogP) is 3.55. The molecule has 0 aromatic heterocycles. The molecule has 3 heterocycles. The Morgan fingerprint density at radius 2 is 1.76 bits per heavy atom. The average Bonchev–Trinajstić information content (AvgIpc) is 2.88. The maximum atomic E-state index is 13.2. The lowest BCUT2D eigenvalue weighted by Gasteiger charge is -2.46. The van der Waals surface area contributed by atoms with Gasteiger partial charge in [-0.1, -0.05) is 38.2 Å². The second kappa shape index (κ2) is 15.4. The Kier molecular flexibility index (Phi) is 12.8. The van der Waals surface area contributed by atoms with E-state index in [-0.39, 0.29) is 18.8 Å². The number of carbonyl (C=O) groups is 1. The number of cyclic esters (lactones) is 1.